The van der Waals surface area contributed by atoms with E-state index in [0.717, 1.165) is 37.3 Å². The van der Waals surface area contributed by atoms with Crippen LogP contribution in [0.1, 0.15) is 39.3 Å². The van der Waals surface area contributed by atoms with E-state index in [1.165, 1.54) is 0 Å². The van der Waals surface area contributed by atoms with Gasteiger partial charge in [0.05, 0.1) is 0 Å². The summed E-state index contributed by atoms with van der Waals surface area (Å²) in [6.07, 6.45) is 4.69. The third-order valence-electron chi connectivity index (χ3n) is 3.51. The van der Waals surface area contributed by atoms with Gasteiger partial charge in [0.25, 0.3) is 0 Å². The standard InChI is InChI=1S/C13H22ClN3/c1-4-11-7-12(17-10-16-11)15-9-13(5-2,6-3)8-14/h7,10H,4-6,8-9H2,1-3H3,(H,15,16,17). The van der Waals surface area contributed by atoms with Crippen molar-refractivity contribution in [1.82, 2.24) is 9.97 Å². The maximum Gasteiger partial charge on any atom is 0.129 e. The maximum absolute atomic E-state index is 6.08. The Kier molecular flexibility index (Phi) is 5.69. The summed E-state index contributed by atoms with van der Waals surface area (Å²) < 4.78 is 0. The highest BCUT2D eigenvalue weighted by atomic mass is 35.5. The van der Waals surface area contributed by atoms with Gasteiger partial charge in [0.15, 0.2) is 0 Å². The molecule has 1 aromatic heterocycles. The Labute approximate surface area is 109 Å². The number of halogens is 1. The minimum atomic E-state index is 0.166. The first kappa shape index (κ1) is 14.2. The van der Waals surface area contributed by atoms with Crippen LogP contribution in [0.25, 0.3) is 0 Å². The van der Waals surface area contributed by atoms with E-state index in [4.69, 9.17) is 11.6 Å². The fourth-order valence-corrected chi connectivity index (χ4v) is 2.17. The fraction of sp³-hybridized carbons (Fsp3) is 0.692. The first-order chi connectivity index (χ1) is 8.19. The number of rotatable bonds is 7. The molecule has 0 fully saturated rings. The second-order valence-corrected chi connectivity index (χ2v) is 4.71. The molecule has 0 aromatic carbocycles. The smallest absolute Gasteiger partial charge is 0.129 e. The van der Waals surface area contributed by atoms with E-state index >= 15 is 0 Å². The Morgan fingerprint density at radius 2 is 1.94 bits per heavy atom. The molecule has 1 N–H and O–H groups in total. The van der Waals surface area contributed by atoms with Gasteiger partial charge >= 0.3 is 0 Å². The average Bonchev–Trinajstić information content (AvgIpc) is 2.41. The van der Waals surface area contributed by atoms with Gasteiger partial charge in [-0.05, 0) is 19.3 Å². The van der Waals surface area contributed by atoms with E-state index in [-0.39, 0.29) is 5.41 Å². The quantitative estimate of drug-likeness (QED) is 0.758. The van der Waals surface area contributed by atoms with E-state index in [9.17, 15) is 0 Å². The van der Waals surface area contributed by atoms with E-state index in [0.29, 0.717) is 5.88 Å². The molecule has 3 nitrogen and oxygen atoms in total. The molecule has 0 aliphatic rings. The number of anilines is 1. The van der Waals surface area contributed by atoms with E-state index < -0.39 is 0 Å². The zero-order valence-corrected chi connectivity index (χ0v) is 11.7. The van der Waals surface area contributed by atoms with Crippen LogP contribution >= 0.6 is 11.6 Å². The molecule has 1 aromatic rings. The highest BCUT2D eigenvalue weighted by Gasteiger charge is 2.24. The number of nitrogens with zero attached hydrogens (tertiary/aromatic N) is 2. The Hall–Kier alpha value is -0.830. The second kappa shape index (κ2) is 6.80. The Balaban J connectivity index is 2.65. The largest absolute Gasteiger partial charge is 0.369 e. The summed E-state index contributed by atoms with van der Waals surface area (Å²) in [4.78, 5) is 8.41. The molecule has 0 amide bonds. The molecule has 1 heterocycles. The first-order valence-corrected chi connectivity index (χ1v) is 6.84. The van der Waals surface area contributed by atoms with Crippen LogP contribution in [0.5, 0.6) is 0 Å². The van der Waals surface area contributed by atoms with Crippen molar-refractivity contribution < 1.29 is 0 Å². The van der Waals surface area contributed by atoms with Crippen molar-refractivity contribution in [3.05, 3.63) is 18.1 Å². The van der Waals surface area contributed by atoms with Gasteiger partial charge in [-0.3, -0.25) is 0 Å². The molecule has 0 atom stereocenters. The molecule has 1 rings (SSSR count). The van der Waals surface area contributed by atoms with Gasteiger partial charge < -0.3 is 5.32 Å². The Bertz CT molecular complexity index is 329. The minimum absolute atomic E-state index is 0.166. The number of aromatic nitrogens is 2. The molecule has 17 heavy (non-hydrogen) atoms. The van der Waals surface area contributed by atoms with Crippen molar-refractivity contribution in [2.45, 2.75) is 40.0 Å². The van der Waals surface area contributed by atoms with Gasteiger partial charge in [0.1, 0.15) is 12.1 Å². The summed E-state index contributed by atoms with van der Waals surface area (Å²) >= 11 is 6.08. The molecular weight excluding hydrogens is 234 g/mol. The van der Waals surface area contributed by atoms with Crippen molar-refractivity contribution in [1.29, 1.82) is 0 Å². The van der Waals surface area contributed by atoms with Crippen molar-refractivity contribution >= 4 is 17.4 Å². The second-order valence-electron chi connectivity index (χ2n) is 4.44. The van der Waals surface area contributed by atoms with Crippen molar-refractivity contribution in [2.24, 2.45) is 5.41 Å². The third kappa shape index (κ3) is 3.84. The summed E-state index contributed by atoms with van der Waals surface area (Å²) in [6, 6.07) is 2.00. The molecule has 96 valence electrons. The predicted octanol–water partition coefficient (Wildman–Crippen LogP) is 3.50. The molecule has 0 spiro atoms. The highest BCUT2D eigenvalue weighted by Crippen LogP contribution is 2.28. The molecule has 0 unspecified atom stereocenters. The number of alkyl halides is 1. The zero-order valence-electron chi connectivity index (χ0n) is 11.0. The van der Waals surface area contributed by atoms with E-state index in [1.807, 2.05) is 6.07 Å². The lowest BCUT2D eigenvalue weighted by Crippen LogP contribution is -2.30. The van der Waals surface area contributed by atoms with Gasteiger partial charge in [-0.1, -0.05) is 20.8 Å². The molecular formula is C13H22ClN3. The lowest BCUT2D eigenvalue weighted by Gasteiger charge is -2.29. The number of nitrogens with one attached hydrogen (secondary N) is 1. The van der Waals surface area contributed by atoms with Crippen LogP contribution in [-0.4, -0.2) is 22.4 Å². The van der Waals surface area contributed by atoms with Gasteiger partial charge in [-0.15, -0.1) is 11.6 Å². The number of hydrogen-bond donors (Lipinski definition) is 1. The molecule has 0 saturated carbocycles. The molecule has 0 bridgehead atoms. The van der Waals surface area contributed by atoms with Crippen molar-refractivity contribution in [3.63, 3.8) is 0 Å². The molecule has 0 saturated heterocycles. The summed E-state index contributed by atoms with van der Waals surface area (Å²) in [5.74, 6) is 1.58. The SMILES string of the molecule is CCc1cc(NCC(CC)(CC)CCl)ncn1. The van der Waals surface area contributed by atoms with Crippen LogP contribution in [0.15, 0.2) is 12.4 Å². The fourth-order valence-electron chi connectivity index (χ4n) is 1.70. The third-order valence-corrected chi connectivity index (χ3v) is 4.08. The molecule has 4 heteroatoms. The van der Waals surface area contributed by atoms with Gasteiger partial charge in [0.2, 0.25) is 0 Å². The van der Waals surface area contributed by atoms with Crippen LogP contribution in [0.4, 0.5) is 5.82 Å². The monoisotopic (exact) mass is 255 g/mol. The Morgan fingerprint density at radius 3 is 2.47 bits per heavy atom. The highest BCUT2D eigenvalue weighted by molar-refractivity contribution is 6.18. The lowest BCUT2D eigenvalue weighted by atomic mass is 9.84. The topological polar surface area (TPSA) is 37.8 Å². The number of aryl methyl sites for hydroxylation is 1. The average molecular weight is 256 g/mol. The molecule has 0 aliphatic heterocycles. The van der Waals surface area contributed by atoms with Crippen molar-refractivity contribution in [3.8, 4) is 0 Å². The van der Waals surface area contributed by atoms with Crippen molar-refractivity contribution in [2.75, 3.05) is 17.7 Å². The lowest BCUT2D eigenvalue weighted by molar-refractivity contribution is 0.326. The maximum atomic E-state index is 6.08. The van der Waals surface area contributed by atoms with Gasteiger partial charge in [0, 0.05) is 29.6 Å². The first-order valence-electron chi connectivity index (χ1n) is 6.30. The summed E-state index contributed by atoms with van der Waals surface area (Å²) in [5.41, 5.74) is 1.23. The van der Waals surface area contributed by atoms with Gasteiger partial charge in [-0.2, -0.15) is 0 Å². The van der Waals surface area contributed by atoms with Crippen LogP contribution in [0.2, 0.25) is 0 Å². The van der Waals surface area contributed by atoms with Crippen LogP contribution in [0, 0.1) is 5.41 Å². The summed E-state index contributed by atoms with van der Waals surface area (Å²) in [5, 5.41) is 3.38. The van der Waals surface area contributed by atoms with E-state index in [1.54, 1.807) is 6.33 Å². The van der Waals surface area contributed by atoms with Crippen LogP contribution in [-0.2, 0) is 6.42 Å². The summed E-state index contributed by atoms with van der Waals surface area (Å²) in [6.45, 7) is 7.33. The van der Waals surface area contributed by atoms with Gasteiger partial charge in [-0.25, -0.2) is 9.97 Å². The number of hydrogen-bond acceptors (Lipinski definition) is 3. The minimum Gasteiger partial charge on any atom is -0.369 e. The van der Waals surface area contributed by atoms with Crippen LogP contribution < -0.4 is 5.32 Å². The van der Waals surface area contributed by atoms with Crippen LogP contribution in [0.3, 0.4) is 0 Å². The molecule has 0 radical (unpaired) electrons. The normalized spacial score (nSPS) is 11.5. The summed E-state index contributed by atoms with van der Waals surface area (Å²) in [7, 11) is 0. The zero-order chi connectivity index (χ0) is 12.7. The van der Waals surface area contributed by atoms with E-state index in [2.05, 4.69) is 36.1 Å². The predicted molar refractivity (Wildman–Crippen MR) is 73.6 cm³/mol. The Morgan fingerprint density at radius 1 is 1.24 bits per heavy atom. The molecule has 0 aliphatic carbocycles.